The number of methoxy groups -OCH3 is 1. The van der Waals surface area contributed by atoms with E-state index in [0.717, 1.165) is 0 Å². The lowest BCUT2D eigenvalue weighted by atomic mass is 10.2. The van der Waals surface area contributed by atoms with Crippen molar-refractivity contribution in [2.75, 3.05) is 13.7 Å². The number of carboxylic acids is 1. The second-order valence-electron chi connectivity index (χ2n) is 3.31. The highest BCUT2D eigenvalue weighted by molar-refractivity contribution is 5.96. The molecule has 0 bridgehead atoms. The Balaban J connectivity index is 2.49. The van der Waals surface area contributed by atoms with Crippen molar-refractivity contribution in [2.45, 2.75) is 12.8 Å². The summed E-state index contributed by atoms with van der Waals surface area (Å²) in [7, 11) is 1.43. The first kappa shape index (κ1) is 13.0. The topological polar surface area (TPSA) is 88.5 Å². The number of aromatic nitrogens is 1. The molecule has 1 heterocycles. The minimum atomic E-state index is -0.877. The average molecular weight is 238 g/mol. The highest BCUT2D eigenvalue weighted by Gasteiger charge is 2.11. The summed E-state index contributed by atoms with van der Waals surface area (Å²) in [5.74, 6) is -0.943. The van der Waals surface area contributed by atoms with Crippen LogP contribution in [0.2, 0.25) is 0 Å². The third kappa shape index (κ3) is 4.10. The molecule has 92 valence electrons. The normalized spacial score (nSPS) is 9.71. The molecule has 0 aliphatic carbocycles. The maximum absolute atomic E-state index is 11.7. The van der Waals surface area contributed by atoms with Gasteiger partial charge in [-0.25, -0.2) is 4.98 Å². The number of pyridine rings is 1. The van der Waals surface area contributed by atoms with Crippen molar-refractivity contribution in [3.05, 3.63) is 23.9 Å². The minimum Gasteiger partial charge on any atom is -0.481 e. The van der Waals surface area contributed by atoms with Crippen molar-refractivity contribution in [3.8, 4) is 5.88 Å². The smallest absolute Gasteiger partial charge is 0.303 e. The van der Waals surface area contributed by atoms with Gasteiger partial charge in [0.25, 0.3) is 5.91 Å². The Hall–Kier alpha value is -2.11. The molecular formula is C11H14N2O4. The zero-order valence-corrected chi connectivity index (χ0v) is 9.47. The molecule has 2 N–H and O–H groups in total. The number of hydrogen-bond donors (Lipinski definition) is 2. The highest BCUT2D eigenvalue weighted by atomic mass is 16.5. The van der Waals surface area contributed by atoms with E-state index in [2.05, 4.69) is 10.3 Å². The summed E-state index contributed by atoms with van der Waals surface area (Å²) >= 11 is 0. The molecule has 0 aliphatic heterocycles. The molecular weight excluding hydrogens is 224 g/mol. The summed E-state index contributed by atoms with van der Waals surface area (Å²) in [5, 5.41) is 11.0. The second kappa shape index (κ2) is 6.47. The number of nitrogens with one attached hydrogen (secondary N) is 1. The van der Waals surface area contributed by atoms with Gasteiger partial charge in [0.1, 0.15) is 5.56 Å². The van der Waals surface area contributed by atoms with E-state index in [9.17, 15) is 9.59 Å². The van der Waals surface area contributed by atoms with Crippen molar-refractivity contribution in [1.82, 2.24) is 10.3 Å². The number of nitrogens with zero attached hydrogens (tertiary/aromatic N) is 1. The molecule has 0 radical (unpaired) electrons. The monoisotopic (exact) mass is 238 g/mol. The van der Waals surface area contributed by atoms with E-state index >= 15 is 0 Å². The fourth-order valence-electron chi connectivity index (χ4n) is 1.26. The van der Waals surface area contributed by atoms with Crippen molar-refractivity contribution >= 4 is 11.9 Å². The van der Waals surface area contributed by atoms with Crippen LogP contribution in [0.4, 0.5) is 0 Å². The summed E-state index contributed by atoms with van der Waals surface area (Å²) in [4.78, 5) is 25.9. The van der Waals surface area contributed by atoms with E-state index in [4.69, 9.17) is 9.84 Å². The molecule has 0 atom stereocenters. The van der Waals surface area contributed by atoms with Gasteiger partial charge in [0.2, 0.25) is 5.88 Å². The molecule has 0 fully saturated rings. The fraction of sp³-hybridized carbons (Fsp3) is 0.364. The van der Waals surface area contributed by atoms with Crippen LogP contribution >= 0.6 is 0 Å². The number of carbonyl (C=O) groups excluding carboxylic acids is 1. The zero-order chi connectivity index (χ0) is 12.7. The lowest BCUT2D eigenvalue weighted by Gasteiger charge is -2.07. The molecule has 0 aromatic carbocycles. The molecule has 6 heteroatoms. The number of ether oxygens (including phenoxy) is 1. The lowest BCUT2D eigenvalue weighted by Crippen LogP contribution is -2.25. The number of carbonyl (C=O) groups is 2. The molecule has 17 heavy (non-hydrogen) atoms. The van der Waals surface area contributed by atoms with Crippen LogP contribution in [-0.2, 0) is 4.79 Å². The van der Waals surface area contributed by atoms with Gasteiger partial charge in [0.15, 0.2) is 0 Å². The molecule has 6 nitrogen and oxygen atoms in total. The Morgan fingerprint density at radius 2 is 2.29 bits per heavy atom. The van der Waals surface area contributed by atoms with E-state index in [1.807, 2.05) is 0 Å². The SMILES string of the molecule is COc1ncccc1C(=O)NCCCC(=O)O. The van der Waals surface area contributed by atoms with Crippen LogP contribution in [-0.4, -0.2) is 35.6 Å². The maximum atomic E-state index is 11.7. The van der Waals surface area contributed by atoms with Gasteiger partial charge in [-0.1, -0.05) is 0 Å². The van der Waals surface area contributed by atoms with Crippen molar-refractivity contribution in [1.29, 1.82) is 0 Å². The predicted octanol–water partition coefficient (Wildman–Crippen LogP) is 0.685. The molecule has 1 rings (SSSR count). The Morgan fingerprint density at radius 1 is 1.53 bits per heavy atom. The number of aliphatic carboxylic acids is 1. The van der Waals surface area contributed by atoms with E-state index in [1.165, 1.54) is 13.3 Å². The van der Waals surface area contributed by atoms with E-state index in [1.54, 1.807) is 12.1 Å². The Labute approximate surface area is 98.6 Å². The van der Waals surface area contributed by atoms with E-state index in [0.29, 0.717) is 18.5 Å². The quantitative estimate of drug-likeness (QED) is 0.711. The van der Waals surface area contributed by atoms with Crippen LogP contribution in [0.5, 0.6) is 5.88 Å². The van der Waals surface area contributed by atoms with Crippen molar-refractivity contribution in [3.63, 3.8) is 0 Å². The molecule has 1 aromatic rings. The fourth-order valence-corrected chi connectivity index (χ4v) is 1.26. The Kier molecular flexibility index (Phi) is 4.93. The molecule has 1 aromatic heterocycles. The van der Waals surface area contributed by atoms with Gasteiger partial charge in [-0.2, -0.15) is 0 Å². The number of carboxylic acid groups (broad SMARTS) is 1. The minimum absolute atomic E-state index is 0.0322. The van der Waals surface area contributed by atoms with Gasteiger partial charge in [0.05, 0.1) is 7.11 Å². The van der Waals surface area contributed by atoms with Gasteiger partial charge in [-0.15, -0.1) is 0 Å². The molecule has 0 aliphatic rings. The Bertz CT molecular complexity index is 406. The maximum Gasteiger partial charge on any atom is 0.303 e. The van der Waals surface area contributed by atoms with Crippen LogP contribution < -0.4 is 10.1 Å². The third-order valence-corrected chi connectivity index (χ3v) is 2.06. The molecule has 0 saturated carbocycles. The van der Waals surface area contributed by atoms with Crippen LogP contribution in [0.1, 0.15) is 23.2 Å². The van der Waals surface area contributed by atoms with Crippen LogP contribution in [0, 0.1) is 0 Å². The van der Waals surface area contributed by atoms with Crippen LogP contribution in [0.15, 0.2) is 18.3 Å². The van der Waals surface area contributed by atoms with Crippen LogP contribution in [0.25, 0.3) is 0 Å². The first-order chi connectivity index (χ1) is 8.15. The molecule has 0 saturated heterocycles. The molecule has 0 spiro atoms. The number of hydrogen-bond acceptors (Lipinski definition) is 4. The number of rotatable bonds is 6. The van der Waals surface area contributed by atoms with E-state index in [-0.39, 0.29) is 18.2 Å². The first-order valence-corrected chi connectivity index (χ1v) is 5.14. The van der Waals surface area contributed by atoms with Gasteiger partial charge < -0.3 is 15.2 Å². The summed E-state index contributed by atoms with van der Waals surface area (Å²) in [6, 6.07) is 3.23. The lowest BCUT2D eigenvalue weighted by molar-refractivity contribution is -0.137. The molecule has 0 unspecified atom stereocenters. The Morgan fingerprint density at radius 3 is 2.94 bits per heavy atom. The highest BCUT2D eigenvalue weighted by Crippen LogP contribution is 2.12. The zero-order valence-electron chi connectivity index (χ0n) is 9.47. The largest absolute Gasteiger partial charge is 0.481 e. The van der Waals surface area contributed by atoms with Gasteiger partial charge >= 0.3 is 5.97 Å². The van der Waals surface area contributed by atoms with Gasteiger partial charge in [0, 0.05) is 19.2 Å². The summed E-state index contributed by atoms with van der Waals surface area (Å²) in [6.45, 7) is 0.309. The van der Waals surface area contributed by atoms with Crippen molar-refractivity contribution < 1.29 is 19.4 Å². The third-order valence-electron chi connectivity index (χ3n) is 2.06. The standard InChI is InChI=1S/C11H14N2O4/c1-17-11-8(4-2-7-13-11)10(16)12-6-3-5-9(14)15/h2,4,7H,3,5-6H2,1H3,(H,12,16)(H,14,15). The van der Waals surface area contributed by atoms with Crippen molar-refractivity contribution in [2.24, 2.45) is 0 Å². The van der Waals surface area contributed by atoms with Gasteiger partial charge in [-0.3, -0.25) is 9.59 Å². The molecule has 1 amide bonds. The summed E-state index contributed by atoms with van der Waals surface area (Å²) in [6.07, 6.45) is 1.95. The summed E-state index contributed by atoms with van der Waals surface area (Å²) in [5.41, 5.74) is 0.338. The summed E-state index contributed by atoms with van der Waals surface area (Å²) < 4.78 is 4.94. The van der Waals surface area contributed by atoms with Gasteiger partial charge in [-0.05, 0) is 18.6 Å². The number of amides is 1. The van der Waals surface area contributed by atoms with E-state index < -0.39 is 5.97 Å². The first-order valence-electron chi connectivity index (χ1n) is 5.14. The predicted molar refractivity (Wildman–Crippen MR) is 60.0 cm³/mol. The van der Waals surface area contributed by atoms with Crippen LogP contribution in [0.3, 0.4) is 0 Å². The average Bonchev–Trinajstić information content (AvgIpc) is 2.34. The second-order valence-corrected chi connectivity index (χ2v) is 3.31.